The molecule has 4 amide bonds. The standard InChI is InChI=1S/C27H31N3O5S/c1-18(20-7-5-8-20)29(16-19-10-12-22(13-11-19)36(2,34)35)24(31)17-30-25(32)27(28-26(30)33)15-14-21-6-3-4-9-23(21)27/h3-4,6,9-13,18,20H,5,7-8,14-17H2,1-2H3,(H,28,33)/t18-,27?/m0/s1. The molecule has 36 heavy (non-hydrogen) atoms. The van der Waals surface area contributed by atoms with Crippen LogP contribution in [0.2, 0.25) is 0 Å². The highest BCUT2D eigenvalue weighted by Crippen LogP contribution is 2.41. The molecule has 0 radical (unpaired) electrons. The maximum Gasteiger partial charge on any atom is 0.325 e. The maximum absolute atomic E-state index is 13.6. The lowest BCUT2D eigenvalue weighted by molar-refractivity contribution is -0.142. The highest BCUT2D eigenvalue weighted by molar-refractivity contribution is 7.90. The summed E-state index contributed by atoms with van der Waals surface area (Å²) in [6.07, 6.45) is 5.51. The number of rotatable bonds is 7. The second kappa shape index (κ2) is 9.03. The van der Waals surface area contributed by atoms with Gasteiger partial charge in [0.1, 0.15) is 12.1 Å². The summed E-state index contributed by atoms with van der Waals surface area (Å²) < 4.78 is 23.6. The Balaban J connectivity index is 1.37. The lowest BCUT2D eigenvalue weighted by Crippen LogP contribution is -2.49. The summed E-state index contributed by atoms with van der Waals surface area (Å²) in [6.45, 7) is 1.96. The van der Waals surface area contributed by atoms with Crippen LogP contribution in [0.15, 0.2) is 53.4 Å². The van der Waals surface area contributed by atoms with Gasteiger partial charge < -0.3 is 10.2 Å². The topological polar surface area (TPSA) is 104 Å². The molecule has 2 atom stereocenters. The van der Waals surface area contributed by atoms with Crippen molar-refractivity contribution < 1.29 is 22.8 Å². The Bertz CT molecular complexity index is 1320. The van der Waals surface area contributed by atoms with Gasteiger partial charge in [-0.3, -0.25) is 14.5 Å². The number of hydrogen-bond donors (Lipinski definition) is 1. The van der Waals surface area contributed by atoms with Crippen LogP contribution in [0.3, 0.4) is 0 Å². The Morgan fingerprint density at radius 2 is 1.83 bits per heavy atom. The third-order valence-electron chi connectivity index (χ3n) is 8.06. The molecule has 1 saturated heterocycles. The van der Waals surface area contributed by atoms with Gasteiger partial charge >= 0.3 is 6.03 Å². The van der Waals surface area contributed by atoms with E-state index in [2.05, 4.69) is 5.32 Å². The molecule has 1 N–H and O–H groups in total. The Kier molecular flexibility index (Phi) is 6.14. The van der Waals surface area contributed by atoms with E-state index in [1.807, 2.05) is 31.2 Å². The molecule has 2 fully saturated rings. The number of amides is 4. The molecular formula is C27H31N3O5S. The average molecular weight is 510 g/mol. The fourth-order valence-corrected chi connectivity index (χ4v) is 6.26. The minimum Gasteiger partial charge on any atom is -0.334 e. The van der Waals surface area contributed by atoms with Gasteiger partial charge in [0.05, 0.1) is 4.90 Å². The van der Waals surface area contributed by atoms with Crippen LogP contribution < -0.4 is 5.32 Å². The number of hydrogen-bond acceptors (Lipinski definition) is 5. The highest BCUT2D eigenvalue weighted by atomic mass is 32.2. The first-order valence-corrected chi connectivity index (χ1v) is 14.3. The van der Waals surface area contributed by atoms with Crippen LogP contribution >= 0.6 is 0 Å². The fourth-order valence-electron chi connectivity index (χ4n) is 5.63. The highest BCUT2D eigenvalue weighted by Gasteiger charge is 2.55. The lowest BCUT2D eigenvalue weighted by atomic mass is 9.79. The molecular weight excluding hydrogens is 478 g/mol. The summed E-state index contributed by atoms with van der Waals surface area (Å²) >= 11 is 0. The Morgan fingerprint density at radius 1 is 1.14 bits per heavy atom. The summed E-state index contributed by atoms with van der Waals surface area (Å²) in [5.41, 5.74) is 1.54. The van der Waals surface area contributed by atoms with E-state index in [9.17, 15) is 22.8 Å². The minimum atomic E-state index is -3.32. The first-order chi connectivity index (χ1) is 17.1. The summed E-state index contributed by atoms with van der Waals surface area (Å²) in [7, 11) is -3.32. The summed E-state index contributed by atoms with van der Waals surface area (Å²) in [4.78, 5) is 43.1. The zero-order valence-electron chi connectivity index (χ0n) is 20.6. The molecule has 5 rings (SSSR count). The van der Waals surface area contributed by atoms with Crippen molar-refractivity contribution in [3.8, 4) is 0 Å². The molecule has 0 bridgehead atoms. The number of nitrogens with one attached hydrogen (secondary N) is 1. The SMILES string of the molecule is C[C@@H](C1CCC1)N(Cc1ccc(S(C)(=O)=O)cc1)C(=O)CN1C(=O)NC2(CCc3ccccc32)C1=O. The van der Waals surface area contributed by atoms with Gasteiger partial charge in [0.25, 0.3) is 5.91 Å². The molecule has 9 heteroatoms. The van der Waals surface area contributed by atoms with Crippen molar-refractivity contribution in [1.29, 1.82) is 0 Å². The predicted molar refractivity (Wildman–Crippen MR) is 134 cm³/mol. The van der Waals surface area contributed by atoms with Gasteiger partial charge in [0.15, 0.2) is 9.84 Å². The molecule has 2 aromatic rings. The molecule has 0 aromatic heterocycles. The number of aryl methyl sites for hydroxylation is 1. The second-order valence-electron chi connectivity index (χ2n) is 10.3. The van der Waals surface area contributed by atoms with Gasteiger partial charge in [-0.15, -0.1) is 0 Å². The van der Waals surface area contributed by atoms with E-state index < -0.39 is 21.4 Å². The molecule has 190 valence electrons. The molecule has 1 heterocycles. The van der Waals surface area contributed by atoms with E-state index in [0.717, 1.165) is 47.1 Å². The zero-order chi connectivity index (χ0) is 25.7. The number of urea groups is 1. The molecule has 1 unspecified atom stereocenters. The number of carbonyl (C=O) groups excluding carboxylic acids is 3. The normalized spacial score (nSPS) is 22.3. The molecule has 2 aliphatic carbocycles. The van der Waals surface area contributed by atoms with Crippen molar-refractivity contribution in [2.24, 2.45) is 5.92 Å². The van der Waals surface area contributed by atoms with Crippen LogP contribution in [0.1, 0.15) is 49.3 Å². The molecule has 1 aliphatic heterocycles. The predicted octanol–water partition coefficient (Wildman–Crippen LogP) is 3.00. The molecule has 1 spiro atoms. The van der Waals surface area contributed by atoms with E-state index >= 15 is 0 Å². The molecule has 3 aliphatic rings. The van der Waals surface area contributed by atoms with Crippen LogP contribution in [-0.4, -0.2) is 54.9 Å². The van der Waals surface area contributed by atoms with Crippen molar-refractivity contribution in [2.45, 2.75) is 62.0 Å². The number of fused-ring (bicyclic) bond motifs is 2. The monoisotopic (exact) mass is 509 g/mol. The van der Waals surface area contributed by atoms with Crippen LogP contribution in [0.5, 0.6) is 0 Å². The van der Waals surface area contributed by atoms with E-state index in [1.165, 1.54) is 0 Å². The number of imide groups is 1. The summed E-state index contributed by atoms with van der Waals surface area (Å²) in [6, 6.07) is 13.5. The van der Waals surface area contributed by atoms with Crippen LogP contribution in [0, 0.1) is 5.92 Å². The van der Waals surface area contributed by atoms with Crippen LogP contribution in [0.4, 0.5) is 4.79 Å². The average Bonchev–Trinajstić information content (AvgIpc) is 3.29. The smallest absolute Gasteiger partial charge is 0.325 e. The quantitative estimate of drug-likeness (QED) is 0.578. The minimum absolute atomic E-state index is 0.0669. The molecule has 8 nitrogen and oxygen atoms in total. The lowest BCUT2D eigenvalue weighted by Gasteiger charge is -2.39. The zero-order valence-corrected chi connectivity index (χ0v) is 21.4. The van der Waals surface area contributed by atoms with E-state index in [1.54, 1.807) is 29.2 Å². The van der Waals surface area contributed by atoms with E-state index in [4.69, 9.17) is 0 Å². The van der Waals surface area contributed by atoms with Gasteiger partial charge in [0.2, 0.25) is 5.91 Å². The van der Waals surface area contributed by atoms with Crippen molar-refractivity contribution in [3.05, 3.63) is 65.2 Å². The molecule has 1 saturated carbocycles. The molecule has 2 aromatic carbocycles. The van der Waals surface area contributed by atoms with Gasteiger partial charge in [-0.25, -0.2) is 13.2 Å². The van der Waals surface area contributed by atoms with Crippen molar-refractivity contribution >= 4 is 27.7 Å². The number of carbonyl (C=O) groups is 3. The third-order valence-corrected chi connectivity index (χ3v) is 9.19. The van der Waals surface area contributed by atoms with Crippen molar-refractivity contribution in [3.63, 3.8) is 0 Å². The van der Waals surface area contributed by atoms with Crippen LogP contribution in [0.25, 0.3) is 0 Å². The maximum atomic E-state index is 13.6. The Morgan fingerprint density at radius 3 is 2.47 bits per heavy atom. The van der Waals surface area contributed by atoms with Gasteiger partial charge in [-0.2, -0.15) is 0 Å². The fraction of sp³-hybridized carbons (Fsp3) is 0.444. The Hall–Kier alpha value is -3.20. The largest absolute Gasteiger partial charge is 0.334 e. The van der Waals surface area contributed by atoms with E-state index in [-0.39, 0.29) is 35.8 Å². The second-order valence-corrected chi connectivity index (χ2v) is 12.3. The van der Waals surface area contributed by atoms with E-state index in [0.29, 0.717) is 18.8 Å². The van der Waals surface area contributed by atoms with Gasteiger partial charge in [0, 0.05) is 18.8 Å². The third kappa shape index (κ3) is 4.19. The summed E-state index contributed by atoms with van der Waals surface area (Å²) in [5, 5.41) is 2.88. The number of nitrogens with zero attached hydrogens (tertiary/aromatic N) is 2. The number of benzene rings is 2. The first-order valence-electron chi connectivity index (χ1n) is 12.4. The number of sulfone groups is 1. The first kappa shape index (κ1) is 24.5. The van der Waals surface area contributed by atoms with Crippen molar-refractivity contribution in [1.82, 2.24) is 15.1 Å². The van der Waals surface area contributed by atoms with Gasteiger partial charge in [-0.05, 0) is 67.3 Å². The summed E-state index contributed by atoms with van der Waals surface area (Å²) in [5.74, 6) is -0.312. The van der Waals surface area contributed by atoms with Crippen molar-refractivity contribution in [2.75, 3.05) is 12.8 Å². The Labute approximate surface area is 211 Å². The van der Waals surface area contributed by atoms with Gasteiger partial charge in [-0.1, -0.05) is 42.8 Å². The van der Waals surface area contributed by atoms with Crippen LogP contribution in [-0.2, 0) is 37.9 Å².